The second kappa shape index (κ2) is 5.49. The molecule has 1 aliphatic heterocycles. The van der Waals surface area contributed by atoms with E-state index in [0.29, 0.717) is 16.6 Å². The number of aromatic nitrogens is 2. The Labute approximate surface area is 124 Å². The topological polar surface area (TPSA) is 93.2 Å². The van der Waals surface area contributed by atoms with Gasteiger partial charge in [0.1, 0.15) is 10.8 Å². The maximum Gasteiger partial charge on any atom is 0.266 e. The van der Waals surface area contributed by atoms with E-state index in [1.54, 1.807) is 31.2 Å². The minimum Gasteiger partial charge on any atom is -0.478 e. The lowest BCUT2D eigenvalue weighted by Gasteiger charge is -2.25. The first kappa shape index (κ1) is 13.5. The van der Waals surface area contributed by atoms with Crippen LogP contribution in [0.4, 0.5) is 10.8 Å². The van der Waals surface area contributed by atoms with Gasteiger partial charge in [-0.1, -0.05) is 23.5 Å². The smallest absolute Gasteiger partial charge is 0.266 e. The van der Waals surface area contributed by atoms with Gasteiger partial charge in [0, 0.05) is 0 Å². The molecule has 8 heteroatoms. The van der Waals surface area contributed by atoms with Crippen molar-refractivity contribution in [2.24, 2.45) is 0 Å². The molecule has 1 aliphatic rings. The number of para-hydroxylation sites is 2. The average Bonchev–Trinajstić information content (AvgIpc) is 2.85. The monoisotopic (exact) mass is 304 g/mol. The van der Waals surface area contributed by atoms with E-state index in [9.17, 15) is 9.59 Å². The number of nitrogens with zero attached hydrogens (tertiary/aromatic N) is 2. The molecule has 3 rings (SSSR count). The number of amides is 2. The molecule has 21 heavy (non-hydrogen) atoms. The Morgan fingerprint density at radius 2 is 2.24 bits per heavy atom. The summed E-state index contributed by atoms with van der Waals surface area (Å²) >= 11 is 1.27. The molecule has 1 aromatic heterocycles. The molecule has 0 aliphatic carbocycles. The third kappa shape index (κ3) is 3.00. The summed E-state index contributed by atoms with van der Waals surface area (Å²) in [5.74, 6) is -0.121. The Hall–Kier alpha value is -2.48. The number of fused-ring (bicyclic) bond motifs is 1. The van der Waals surface area contributed by atoms with E-state index in [1.807, 2.05) is 0 Å². The van der Waals surface area contributed by atoms with Crippen molar-refractivity contribution in [3.63, 3.8) is 0 Å². The van der Waals surface area contributed by atoms with Gasteiger partial charge in [-0.15, -0.1) is 10.2 Å². The maximum atomic E-state index is 11.9. The Kier molecular flexibility index (Phi) is 3.53. The number of ether oxygens (including phenoxy) is 1. The van der Waals surface area contributed by atoms with E-state index in [4.69, 9.17) is 4.74 Å². The van der Waals surface area contributed by atoms with E-state index in [1.165, 1.54) is 11.3 Å². The van der Waals surface area contributed by atoms with E-state index >= 15 is 0 Å². The summed E-state index contributed by atoms with van der Waals surface area (Å²) in [5, 5.41) is 14.1. The van der Waals surface area contributed by atoms with Crippen LogP contribution >= 0.6 is 11.3 Å². The third-order valence-electron chi connectivity index (χ3n) is 2.85. The molecule has 7 nitrogen and oxygen atoms in total. The van der Waals surface area contributed by atoms with Crippen molar-refractivity contribution in [3.8, 4) is 5.75 Å². The van der Waals surface area contributed by atoms with Crippen LogP contribution in [0.2, 0.25) is 0 Å². The molecule has 2 N–H and O–H groups in total. The van der Waals surface area contributed by atoms with Gasteiger partial charge in [-0.2, -0.15) is 0 Å². The molecule has 108 valence electrons. The van der Waals surface area contributed by atoms with Crippen molar-refractivity contribution in [3.05, 3.63) is 29.3 Å². The Bertz CT molecular complexity index is 700. The van der Waals surface area contributed by atoms with E-state index in [-0.39, 0.29) is 18.2 Å². The molecular formula is C13H12N4O3S. The number of carbonyl (C=O) groups excluding carboxylic acids is 2. The normalized spacial score (nSPS) is 16.6. The van der Waals surface area contributed by atoms with Gasteiger partial charge in [-0.25, -0.2) is 0 Å². The Morgan fingerprint density at radius 1 is 1.43 bits per heavy atom. The molecule has 1 aromatic carbocycles. The second-order valence-electron chi connectivity index (χ2n) is 4.47. The molecule has 1 atom stereocenters. The fourth-order valence-electron chi connectivity index (χ4n) is 1.91. The van der Waals surface area contributed by atoms with Crippen molar-refractivity contribution in [2.75, 3.05) is 10.6 Å². The van der Waals surface area contributed by atoms with Crippen molar-refractivity contribution in [1.82, 2.24) is 10.2 Å². The minimum absolute atomic E-state index is 0.0845. The second-order valence-corrected chi connectivity index (χ2v) is 5.65. The van der Waals surface area contributed by atoms with Gasteiger partial charge in [0.2, 0.25) is 11.0 Å². The minimum atomic E-state index is -0.853. The summed E-state index contributed by atoms with van der Waals surface area (Å²) < 4.78 is 5.55. The largest absolute Gasteiger partial charge is 0.478 e. The van der Waals surface area contributed by atoms with Gasteiger partial charge in [-0.05, 0) is 19.1 Å². The summed E-state index contributed by atoms with van der Waals surface area (Å²) in [7, 11) is 0. The lowest BCUT2D eigenvalue weighted by Crippen LogP contribution is -2.39. The molecule has 2 heterocycles. The van der Waals surface area contributed by atoms with Crippen LogP contribution in [-0.4, -0.2) is 28.1 Å². The molecular weight excluding hydrogens is 292 g/mol. The lowest BCUT2D eigenvalue weighted by molar-refractivity contribution is -0.128. The van der Waals surface area contributed by atoms with Crippen LogP contribution in [0.15, 0.2) is 24.3 Å². The number of benzene rings is 1. The zero-order chi connectivity index (χ0) is 14.8. The fourth-order valence-corrected chi connectivity index (χ4v) is 2.52. The van der Waals surface area contributed by atoms with Gasteiger partial charge < -0.3 is 15.4 Å². The van der Waals surface area contributed by atoms with Crippen molar-refractivity contribution >= 4 is 34.0 Å². The zero-order valence-electron chi connectivity index (χ0n) is 11.1. The first-order valence-corrected chi connectivity index (χ1v) is 7.10. The average molecular weight is 304 g/mol. The molecule has 0 spiro atoms. The van der Waals surface area contributed by atoms with E-state index in [2.05, 4.69) is 20.8 Å². The number of anilines is 2. The lowest BCUT2D eigenvalue weighted by atomic mass is 10.1. The highest BCUT2D eigenvalue weighted by Crippen LogP contribution is 2.29. The number of hydrogen-bond donors (Lipinski definition) is 2. The van der Waals surface area contributed by atoms with Crippen LogP contribution in [0.5, 0.6) is 5.75 Å². The van der Waals surface area contributed by atoms with Crippen LogP contribution < -0.4 is 15.4 Å². The van der Waals surface area contributed by atoms with Crippen LogP contribution in [-0.2, 0) is 9.59 Å². The third-order valence-corrected chi connectivity index (χ3v) is 3.60. The predicted octanol–water partition coefficient (Wildman–Crippen LogP) is 1.57. The van der Waals surface area contributed by atoms with Gasteiger partial charge in [0.15, 0.2) is 6.10 Å². The standard InChI is InChI=1S/C13H12N4O3S/c1-7-16-17-13(21-7)15-11(18)6-10-12(19)14-8-4-2-3-5-9(8)20-10/h2-5,10H,6H2,1H3,(H,14,19)(H,15,17,18). The molecule has 0 radical (unpaired) electrons. The highest BCUT2D eigenvalue weighted by atomic mass is 32.1. The first-order chi connectivity index (χ1) is 10.1. The van der Waals surface area contributed by atoms with Crippen LogP contribution in [0, 0.1) is 6.92 Å². The zero-order valence-corrected chi connectivity index (χ0v) is 11.9. The highest BCUT2D eigenvalue weighted by Gasteiger charge is 2.29. The summed E-state index contributed by atoms with van der Waals surface area (Å²) in [6.07, 6.45) is -0.937. The number of hydrogen-bond acceptors (Lipinski definition) is 6. The predicted molar refractivity (Wildman–Crippen MR) is 77.4 cm³/mol. The Morgan fingerprint density at radius 3 is 3.00 bits per heavy atom. The van der Waals surface area contributed by atoms with E-state index < -0.39 is 6.10 Å². The maximum absolute atomic E-state index is 11.9. The number of aryl methyl sites for hydroxylation is 1. The molecule has 0 saturated heterocycles. The SMILES string of the molecule is Cc1nnc(NC(=O)CC2Oc3ccccc3NC2=O)s1. The van der Waals surface area contributed by atoms with Crippen molar-refractivity contribution in [2.45, 2.75) is 19.4 Å². The van der Waals surface area contributed by atoms with E-state index in [0.717, 1.165) is 5.01 Å². The molecule has 1 unspecified atom stereocenters. The van der Waals surface area contributed by atoms with Crippen LogP contribution in [0.3, 0.4) is 0 Å². The van der Waals surface area contributed by atoms with Gasteiger partial charge in [0.25, 0.3) is 5.91 Å². The molecule has 2 amide bonds. The van der Waals surface area contributed by atoms with Crippen molar-refractivity contribution in [1.29, 1.82) is 0 Å². The number of nitrogens with one attached hydrogen (secondary N) is 2. The van der Waals surface area contributed by atoms with Gasteiger partial charge in [-0.3, -0.25) is 9.59 Å². The first-order valence-electron chi connectivity index (χ1n) is 6.28. The summed E-state index contributed by atoms with van der Waals surface area (Å²) in [5.41, 5.74) is 0.610. The number of carbonyl (C=O) groups is 2. The molecule has 2 aromatic rings. The van der Waals surface area contributed by atoms with Gasteiger partial charge >= 0.3 is 0 Å². The molecule has 0 bridgehead atoms. The summed E-state index contributed by atoms with van der Waals surface area (Å²) in [6.45, 7) is 1.79. The van der Waals surface area contributed by atoms with Crippen LogP contribution in [0.1, 0.15) is 11.4 Å². The van der Waals surface area contributed by atoms with Crippen molar-refractivity contribution < 1.29 is 14.3 Å². The summed E-state index contributed by atoms with van der Waals surface area (Å²) in [4.78, 5) is 23.8. The quantitative estimate of drug-likeness (QED) is 0.898. The Balaban J connectivity index is 1.65. The molecule has 0 saturated carbocycles. The number of rotatable bonds is 3. The van der Waals surface area contributed by atoms with Gasteiger partial charge in [0.05, 0.1) is 12.1 Å². The highest BCUT2D eigenvalue weighted by molar-refractivity contribution is 7.15. The molecule has 0 fully saturated rings. The van der Waals surface area contributed by atoms with Crippen LogP contribution in [0.25, 0.3) is 0 Å². The summed E-state index contributed by atoms with van der Waals surface area (Å²) in [6, 6.07) is 7.09. The fraction of sp³-hybridized carbons (Fsp3) is 0.231.